The fraction of sp³-hybridized carbons (Fsp3) is 0.680. The van der Waals surface area contributed by atoms with Gasteiger partial charge in [-0.1, -0.05) is 25.5 Å². The summed E-state index contributed by atoms with van der Waals surface area (Å²) in [5.41, 5.74) is -1.99. The molecule has 8 heteroatoms. The summed E-state index contributed by atoms with van der Waals surface area (Å²) in [6.45, 7) is 3.30. The molecule has 0 spiro atoms. The molecule has 4 aliphatic rings. The zero-order valence-electron chi connectivity index (χ0n) is 19.1. The van der Waals surface area contributed by atoms with Crippen LogP contribution in [0.25, 0.3) is 0 Å². The van der Waals surface area contributed by atoms with Crippen LogP contribution in [0.3, 0.4) is 0 Å². The normalized spacial score (nSPS) is 41.5. The molecular formula is C25H32O8. The first kappa shape index (κ1) is 23.8. The van der Waals surface area contributed by atoms with E-state index < -0.39 is 46.9 Å². The van der Waals surface area contributed by atoms with Gasteiger partial charge in [-0.25, -0.2) is 0 Å². The fourth-order valence-corrected chi connectivity index (χ4v) is 7.34. The minimum atomic E-state index is -1.73. The number of carbonyl (C=O) groups excluding carboxylic acids is 3. The maximum absolute atomic E-state index is 13.1. The number of Topliss-reactive ketones (excluding diaryl/α,β-unsaturated/α-hetero) is 1. The van der Waals surface area contributed by atoms with E-state index in [9.17, 15) is 29.4 Å². The van der Waals surface area contributed by atoms with Gasteiger partial charge < -0.3 is 20.1 Å². The van der Waals surface area contributed by atoms with E-state index in [0.29, 0.717) is 6.42 Å². The van der Waals surface area contributed by atoms with Crippen LogP contribution in [-0.4, -0.2) is 57.1 Å². The van der Waals surface area contributed by atoms with Crippen LogP contribution in [0.2, 0.25) is 0 Å². The molecule has 0 heterocycles. The average Bonchev–Trinajstić information content (AvgIpc) is 3.02. The van der Waals surface area contributed by atoms with Gasteiger partial charge in [-0.3, -0.25) is 19.2 Å². The molecule has 4 aliphatic carbocycles. The molecule has 0 bridgehead atoms. The number of aliphatic hydroxyl groups is 2. The zero-order valence-corrected chi connectivity index (χ0v) is 19.1. The van der Waals surface area contributed by atoms with Crippen molar-refractivity contribution in [3.63, 3.8) is 0 Å². The highest BCUT2D eigenvalue weighted by Crippen LogP contribution is 2.67. The van der Waals surface area contributed by atoms with Gasteiger partial charge in [0.15, 0.2) is 12.4 Å². The van der Waals surface area contributed by atoms with Crippen LogP contribution < -0.4 is 0 Å². The van der Waals surface area contributed by atoms with Gasteiger partial charge in [0.25, 0.3) is 0 Å². The Hall–Kier alpha value is -2.32. The Labute approximate surface area is 192 Å². The van der Waals surface area contributed by atoms with Gasteiger partial charge >= 0.3 is 11.9 Å². The number of allylic oxidation sites excluding steroid dienone is 4. The van der Waals surface area contributed by atoms with E-state index >= 15 is 0 Å². The van der Waals surface area contributed by atoms with E-state index in [2.05, 4.69) is 6.92 Å². The molecule has 4 rings (SSSR count). The first-order valence-corrected chi connectivity index (χ1v) is 11.7. The lowest BCUT2D eigenvalue weighted by Gasteiger charge is -2.59. The highest BCUT2D eigenvalue weighted by Gasteiger charge is 2.68. The lowest BCUT2D eigenvalue weighted by atomic mass is 9.46. The number of esters is 1. The van der Waals surface area contributed by atoms with E-state index in [1.54, 1.807) is 12.2 Å². The second kappa shape index (κ2) is 8.17. The van der Waals surface area contributed by atoms with E-state index in [4.69, 9.17) is 9.84 Å². The number of ketones is 2. The molecule has 0 unspecified atom stereocenters. The van der Waals surface area contributed by atoms with Gasteiger partial charge in [0, 0.05) is 16.7 Å². The maximum atomic E-state index is 13.1. The SMILES string of the molecule is C[C@]12C=CC(=O)C=C1CC[C@@H]1[C@@H]2[C@@H](O)C[C@@]2(C)[C@H]1CC[C@@]2(O)C(=O)COC(=O)CCC(=O)O. The summed E-state index contributed by atoms with van der Waals surface area (Å²) in [5.74, 6) is -2.58. The molecule has 0 aromatic heterocycles. The van der Waals surface area contributed by atoms with Crippen molar-refractivity contribution in [3.05, 3.63) is 23.8 Å². The summed E-state index contributed by atoms with van der Waals surface area (Å²) in [7, 11) is 0. The quantitative estimate of drug-likeness (QED) is 0.512. The number of carbonyl (C=O) groups is 4. The van der Waals surface area contributed by atoms with Gasteiger partial charge in [0.2, 0.25) is 5.78 Å². The third-order valence-corrected chi connectivity index (χ3v) is 9.02. The molecule has 33 heavy (non-hydrogen) atoms. The summed E-state index contributed by atoms with van der Waals surface area (Å²) >= 11 is 0. The summed E-state index contributed by atoms with van der Waals surface area (Å²) in [6, 6.07) is 0. The van der Waals surface area contributed by atoms with Gasteiger partial charge in [-0.2, -0.15) is 0 Å². The molecule has 0 radical (unpaired) electrons. The van der Waals surface area contributed by atoms with Crippen molar-refractivity contribution in [1.82, 2.24) is 0 Å². The van der Waals surface area contributed by atoms with E-state index in [1.165, 1.54) is 0 Å². The second-order valence-electron chi connectivity index (χ2n) is 10.6. The number of ether oxygens (including phenoxy) is 1. The first-order chi connectivity index (χ1) is 15.4. The smallest absolute Gasteiger partial charge is 0.306 e. The number of carboxylic acids is 1. The molecule has 0 saturated heterocycles. The number of fused-ring (bicyclic) bond motifs is 5. The maximum Gasteiger partial charge on any atom is 0.306 e. The minimum absolute atomic E-state index is 0.00645. The van der Waals surface area contributed by atoms with Crippen molar-refractivity contribution in [2.75, 3.05) is 6.61 Å². The monoisotopic (exact) mass is 460 g/mol. The largest absolute Gasteiger partial charge is 0.481 e. The predicted molar refractivity (Wildman–Crippen MR) is 116 cm³/mol. The number of aliphatic carboxylic acids is 1. The van der Waals surface area contributed by atoms with Crippen LogP contribution >= 0.6 is 0 Å². The van der Waals surface area contributed by atoms with E-state index in [1.807, 2.05) is 13.0 Å². The van der Waals surface area contributed by atoms with Crippen LogP contribution in [0.1, 0.15) is 58.8 Å². The lowest BCUT2D eigenvalue weighted by Crippen LogP contribution is -2.61. The molecule has 180 valence electrons. The lowest BCUT2D eigenvalue weighted by molar-refractivity contribution is -0.181. The number of aliphatic hydroxyl groups excluding tert-OH is 1. The minimum Gasteiger partial charge on any atom is -0.481 e. The molecule has 0 aliphatic heterocycles. The molecule has 3 fully saturated rings. The van der Waals surface area contributed by atoms with Gasteiger partial charge in [-0.15, -0.1) is 0 Å². The van der Waals surface area contributed by atoms with Crippen molar-refractivity contribution in [1.29, 1.82) is 0 Å². The Balaban J connectivity index is 1.53. The first-order valence-electron chi connectivity index (χ1n) is 11.7. The molecule has 0 aromatic rings. The average molecular weight is 461 g/mol. The molecule has 3 N–H and O–H groups in total. The third kappa shape index (κ3) is 3.67. The Morgan fingerprint density at radius 2 is 1.91 bits per heavy atom. The zero-order chi connectivity index (χ0) is 24.2. The third-order valence-electron chi connectivity index (χ3n) is 9.02. The molecule has 3 saturated carbocycles. The number of rotatable bonds is 6. The summed E-state index contributed by atoms with van der Waals surface area (Å²) in [5, 5.41) is 31.6. The summed E-state index contributed by atoms with van der Waals surface area (Å²) in [6.07, 6.45) is 6.27. The predicted octanol–water partition coefficient (Wildman–Crippen LogP) is 1.97. The van der Waals surface area contributed by atoms with Gasteiger partial charge in [0.05, 0.1) is 18.9 Å². The Bertz CT molecular complexity index is 950. The van der Waals surface area contributed by atoms with E-state index in [0.717, 1.165) is 18.4 Å². The van der Waals surface area contributed by atoms with E-state index in [-0.39, 0.29) is 49.2 Å². The molecule has 7 atom stereocenters. The highest BCUT2D eigenvalue weighted by atomic mass is 16.5. The van der Waals surface area contributed by atoms with Crippen molar-refractivity contribution in [2.24, 2.45) is 28.6 Å². The Morgan fingerprint density at radius 3 is 2.61 bits per heavy atom. The van der Waals surface area contributed by atoms with Crippen LogP contribution in [0, 0.1) is 28.6 Å². The van der Waals surface area contributed by atoms with Gasteiger partial charge in [-0.05, 0) is 56.1 Å². The second-order valence-corrected chi connectivity index (χ2v) is 10.6. The standard InChI is InChI=1S/C25H32O8/c1-23-9-7-15(26)11-14(23)3-4-16-17-8-10-25(32,24(17,2)12-18(27)22(16)23)19(28)13-33-21(31)6-5-20(29)30/h7,9,11,16-18,22,27,32H,3-6,8,10,12-13H2,1-2H3,(H,29,30)/t16-,17-,18-,22+,23-,24-,25+/m0/s1. The van der Waals surface area contributed by atoms with Crippen LogP contribution in [0.15, 0.2) is 23.8 Å². The van der Waals surface area contributed by atoms with Crippen molar-refractivity contribution < 1.29 is 39.2 Å². The van der Waals surface area contributed by atoms with Crippen LogP contribution in [0.5, 0.6) is 0 Å². The highest BCUT2D eigenvalue weighted by molar-refractivity contribution is 6.01. The fourth-order valence-electron chi connectivity index (χ4n) is 7.34. The Kier molecular flexibility index (Phi) is 5.90. The van der Waals surface area contributed by atoms with Gasteiger partial charge in [0.1, 0.15) is 5.60 Å². The molecule has 0 amide bonds. The van der Waals surface area contributed by atoms with Crippen molar-refractivity contribution in [2.45, 2.75) is 70.5 Å². The molecular weight excluding hydrogens is 428 g/mol. The number of carboxylic acid groups (broad SMARTS) is 1. The molecule has 8 nitrogen and oxygen atoms in total. The number of hydrogen-bond donors (Lipinski definition) is 3. The summed E-state index contributed by atoms with van der Waals surface area (Å²) < 4.78 is 4.96. The van der Waals surface area contributed by atoms with Crippen molar-refractivity contribution >= 4 is 23.5 Å². The van der Waals surface area contributed by atoms with Crippen LogP contribution in [-0.2, 0) is 23.9 Å². The van der Waals surface area contributed by atoms with Crippen LogP contribution in [0.4, 0.5) is 0 Å². The topological polar surface area (TPSA) is 138 Å². The Morgan fingerprint density at radius 1 is 1.18 bits per heavy atom. The molecule has 0 aromatic carbocycles. The number of hydrogen-bond acceptors (Lipinski definition) is 7. The van der Waals surface area contributed by atoms with Crippen molar-refractivity contribution in [3.8, 4) is 0 Å². The summed E-state index contributed by atoms with van der Waals surface area (Å²) in [4.78, 5) is 47.4.